The quantitative estimate of drug-likeness (QED) is 0.430. The third-order valence-electron chi connectivity index (χ3n) is 2.64. The second-order valence-corrected chi connectivity index (χ2v) is 5.29. The molecule has 1 aromatic rings. The van der Waals surface area contributed by atoms with Gasteiger partial charge in [-0.3, -0.25) is 0 Å². The van der Waals surface area contributed by atoms with Crippen molar-refractivity contribution >= 4 is 17.3 Å². The van der Waals surface area contributed by atoms with Gasteiger partial charge in [0, 0.05) is 18.0 Å². The average molecular weight is 267 g/mol. The Kier molecular flexibility index (Phi) is 8.30. The first-order valence-corrected chi connectivity index (χ1v) is 7.79. The molecule has 0 aliphatic carbocycles. The molecule has 3 nitrogen and oxygen atoms in total. The van der Waals surface area contributed by atoms with E-state index in [9.17, 15) is 0 Å². The molecule has 2 N–H and O–H groups in total. The number of rotatable bonds is 8. The van der Waals surface area contributed by atoms with Crippen LogP contribution in [0.5, 0.6) is 0 Å². The molecule has 0 spiro atoms. The minimum absolute atomic E-state index is 0.766. The zero-order valence-corrected chi connectivity index (χ0v) is 12.4. The maximum atomic E-state index is 4.58. The molecule has 0 bridgehead atoms. The summed E-state index contributed by atoms with van der Waals surface area (Å²) in [7, 11) is 0. The molecule has 1 rings (SSSR count). The Balaban J connectivity index is 2.27. The molecule has 0 aliphatic heterocycles. The molecule has 102 valence electrons. The highest BCUT2D eigenvalue weighted by molar-refractivity contribution is 7.09. The van der Waals surface area contributed by atoms with Gasteiger partial charge in [-0.2, -0.15) is 0 Å². The van der Waals surface area contributed by atoms with E-state index in [1.807, 2.05) is 0 Å². The van der Waals surface area contributed by atoms with Crippen molar-refractivity contribution < 1.29 is 0 Å². The first-order chi connectivity index (χ1) is 8.86. The lowest BCUT2D eigenvalue weighted by Gasteiger charge is -2.10. The molecular formula is C14H25N3S. The second kappa shape index (κ2) is 9.95. The summed E-state index contributed by atoms with van der Waals surface area (Å²) in [6, 6.07) is 4.19. The number of aliphatic imine (C=N–C) groups is 1. The van der Waals surface area contributed by atoms with Crippen LogP contribution >= 0.6 is 11.3 Å². The molecule has 0 aliphatic rings. The summed E-state index contributed by atoms with van der Waals surface area (Å²) in [5.74, 6) is 0.933. The Labute approximate surface area is 115 Å². The van der Waals surface area contributed by atoms with Gasteiger partial charge in [0.25, 0.3) is 0 Å². The van der Waals surface area contributed by atoms with E-state index in [1.54, 1.807) is 11.3 Å². The summed E-state index contributed by atoms with van der Waals surface area (Å²) < 4.78 is 0. The average Bonchev–Trinajstić information content (AvgIpc) is 2.88. The van der Waals surface area contributed by atoms with E-state index >= 15 is 0 Å². The van der Waals surface area contributed by atoms with Crippen LogP contribution in [-0.4, -0.2) is 19.0 Å². The van der Waals surface area contributed by atoms with E-state index in [2.05, 4.69) is 47.0 Å². The molecule has 4 heteroatoms. The van der Waals surface area contributed by atoms with E-state index < -0.39 is 0 Å². The van der Waals surface area contributed by atoms with Crippen LogP contribution in [0.4, 0.5) is 0 Å². The number of thiophene rings is 1. The van der Waals surface area contributed by atoms with Gasteiger partial charge in [0.2, 0.25) is 0 Å². The monoisotopic (exact) mass is 267 g/mol. The van der Waals surface area contributed by atoms with E-state index in [4.69, 9.17) is 0 Å². The van der Waals surface area contributed by atoms with Gasteiger partial charge in [-0.05, 0) is 24.8 Å². The maximum absolute atomic E-state index is 4.58. The summed E-state index contributed by atoms with van der Waals surface area (Å²) in [5, 5.41) is 8.76. The molecule has 0 saturated carbocycles. The van der Waals surface area contributed by atoms with Crippen molar-refractivity contribution in [2.75, 3.05) is 13.1 Å². The van der Waals surface area contributed by atoms with E-state index in [0.717, 1.165) is 25.6 Å². The molecule has 0 fully saturated rings. The largest absolute Gasteiger partial charge is 0.357 e. The Morgan fingerprint density at radius 1 is 1.22 bits per heavy atom. The molecule has 18 heavy (non-hydrogen) atoms. The van der Waals surface area contributed by atoms with Crippen molar-refractivity contribution in [1.29, 1.82) is 0 Å². The fourth-order valence-electron chi connectivity index (χ4n) is 1.66. The number of nitrogens with one attached hydrogen (secondary N) is 2. The highest BCUT2D eigenvalue weighted by atomic mass is 32.1. The summed E-state index contributed by atoms with van der Waals surface area (Å²) in [5.41, 5.74) is 0. The van der Waals surface area contributed by atoms with Crippen LogP contribution in [0.1, 0.15) is 44.4 Å². The SMILES string of the molecule is CCCCCCNC(=NCc1cccs1)NCC. The van der Waals surface area contributed by atoms with E-state index in [-0.39, 0.29) is 0 Å². The normalized spacial score (nSPS) is 11.6. The molecule has 0 radical (unpaired) electrons. The highest BCUT2D eigenvalue weighted by Crippen LogP contribution is 2.09. The van der Waals surface area contributed by atoms with Crippen LogP contribution in [0.3, 0.4) is 0 Å². The Hall–Kier alpha value is -1.03. The maximum Gasteiger partial charge on any atom is 0.191 e. The Bertz CT molecular complexity index is 320. The fraction of sp³-hybridized carbons (Fsp3) is 0.643. The minimum Gasteiger partial charge on any atom is -0.357 e. The first kappa shape index (κ1) is 15.0. The zero-order chi connectivity index (χ0) is 13.1. The number of hydrogen-bond donors (Lipinski definition) is 2. The van der Waals surface area contributed by atoms with Gasteiger partial charge in [0.15, 0.2) is 5.96 Å². The lowest BCUT2D eigenvalue weighted by Crippen LogP contribution is -2.37. The highest BCUT2D eigenvalue weighted by Gasteiger charge is 1.97. The third-order valence-corrected chi connectivity index (χ3v) is 3.50. The number of unbranched alkanes of at least 4 members (excludes halogenated alkanes) is 3. The Morgan fingerprint density at radius 2 is 2.11 bits per heavy atom. The van der Waals surface area contributed by atoms with Crippen molar-refractivity contribution in [2.24, 2.45) is 4.99 Å². The lowest BCUT2D eigenvalue weighted by atomic mass is 10.2. The van der Waals surface area contributed by atoms with Crippen LogP contribution in [0.15, 0.2) is 22.5 Å². The molecule has 0 amide bonds. The van der Waals surface area contributed by atoms with Crippen molar-refractivity contribution in [3.05, 3.63) is 22.4 Å². The molecule has 1 heterocycles. The van der Waals surface area contributed by atoms with Crippen LogP contribution < -0.4 is 10.6 Å². The van der Waals surface area contributed by atoms with Gasteiger partial charge in [-0.15, -0.1) is 11.3 Å². The van der Waals surface area contributed by atoms with Crippen LogP contribution in [0.2, 0.25) is 0 Å². The predicted octanol–water partition coefficient (Wildman–Crippen LogP) is 3.38. The molecule has 1 aromatic heterocycles. The van der Waals surface area contributed by atoms with Crippen LogP contribution in [0.25, 0.3) is 0 Å². The van der Waals surface area contributed by atoms with Crippen molar-refractivity contribution in [2.45, 2.75) is 46.1 Å². The topological polar surface area (TPSA) is 36.4 Å². The first-order valence-electron chi connectivity index (χ1n) is 6.91. The lowest BCUT2D eigenvalue weighted by molar-refractivity contribution is 0.647. The van der Waals surface area contributed by atoms with Gasteiger partial charge in [-0.1, -0.05) is 32.3 Å². The Morgan fingerprint density at radius 3 is 2.78 bits per heavy atom. The smallest absolute Gasteiger partial charge is 0.191 e. The van der Waals surface area contributed by atoms with Crippen LogP contribution in [-0.2, 0) is 6.54 Å². The summed E-state index contributed by atoms with van der Waals surface area (Å²) in [6.45, 7) is 7.02. The second-order valence-electron chi connectivity index (χ2n) is 4.26. The minimum atomic E-state index is 0.766. The molecule has 0 aromatic carbocycles. The number of nitrogens with zero attached hydrogens (tertiary/aromatic N) is 1. The van der Waals surface area contributed by atoms with Gasteiger partial charge in [-0.25, -0.2) is 4.99 Å². The van der Waals surface area contributed by atoms with Gasteiger partial charge in [0.05, 0.1) is 6.54 Å². The fourth-order valence-corrected chi connectivity index (χ4v) is 2.29. The molecular weight excluding hydrogens is 242 g/mol. The van der Waals surface area contributed by atoms with Gasteiger partial charge >= 0.3 is 0 Å². The van der Waals surface area contributed by atoms with E-state index in [0.29, 0.717) is 0 Å². The van der Waals surface area contributed by atoms with Crippen molar-refractivity contribution in [1.82, 2.24) is 10.6 Å². The zero-order valence-electron chi connectivity index (χ0n) is 11.5. The van der Waals surface area contributed by atoms with Crippen molar-refractivity contribution in [3.63, 3.8) is 0 Å². The predicted molar refractivity (Wildman–Crippen MR) is 81.3 cm³/mol. The third kappa shape index (κ3) is 6.64. The summed E-state index contributed by atoms with van der Waals surface area (Å²) in [6.07, 6.45) is 5.13. The van der Waals surface area contributed by atoms with Crippen molar-refractivity contribution in [3.8, 4) is 0 Å². The molecule has 0 saturated heterocycles. The molecule has 0 unspecified atom stereocenters. The number of hydrogen-bond acceptors (Lipinski definition) is 2. The van der Waals surface area contributed by atoms with Crippen LogP contribution in [0, 0.1) is 0 Å². The summed E-state index contributed by atoms with van der Waals surface area (Å²) in [4.78, 5) is 5.88. The summed E-state index contributed by atoms with van der Waals surface area (Å²) >= 11 is 1.76. The van der Waals surface area contributed by atoms with E-state index in [1.165, 1.54) is 30.6 Å². The molecule has 0 atom stereocenters. The van der Waals surface area contributed by atoms with Gasteiger partial charge < -0.3 is 10.6 Å². The van der Waals surface area contributed by atoms with Gasteiger partial charge in [0.1, 0.15) is 0 Å². The standard InChI is InChI=1S/C14H25N3S/c1-3-5-6-7-10-16-14(15-4-2)17-12-13-9-8-11-18-13/h8-9,11H,3-7,10,12H2,1-2H3,(H2,15,16,17). The number of guanidine groups is 1.